The highest BCUT2D eigenvalue weighted by molar-refractivity contribution is 5.86. The lowest BCUT2D eigenvalue weighted by atomic mass is 10.2. The van der Waals surface area contributed by atoms with Crippen LogP contribution in [0.2, 0.25) is 0 Å². The summed E-state index contributed by atoms with van der Waals surface area (Å²) in [5.74, 6) is 0.979. The van der Waals surface area contributed by atoms with Crippen molar-refractivity contribution in [2.24, 2.45) is 5.10 Å². The highest BCUT2D eigenvalue weighted by atomic mass is 16.6. The molecular formula is C13H17N4O2+. The highest BCUT2D eigenvalue weighted by Gasteiger charge is 2.11. The van der Waals surface area contributed by atoms with E-state index in [1.807, 2.05) is 0 Å². The number of nitro benzene ring substituents is 1. The van der Waals surface area contributed by atoms with Crippen LogP contribution in [0.5, 0.6) is 0 Å². The van der Waals surface area contributed by atoms with Crippen LogP contribution in [0, 0.1) is 10.1 Å². The molecule has 6 nitrogen and oxygen atoms in total. The van der Waals surface area contributed by atoms with Gasteiger partial charge in [0.25, 0.3) is 11.5 Å². The third-order valence-electron chi connectivity index (χ3n) is 2.98. The van der Waals surface area contributed by atoms with Gasteiger partial charge in [-0.2, -0.15) is 5.43 Å². The quantitative estimate of drug-likeness (QED) is 0.474. The maximum Gasteiger partial charge on any atom is 0.278 e. The van der Waals surface area contributed by atoms with Crippen LogP contribution in [0.15, 0.2) is 29.4 Å². The van der Waals surface area contributed by atoms with Crippen molar-refractivity contribution in [3.05, 3.63) is 39.9 Å². The van der Waals surface area contributed by atoms with Crippen LogP contribution >= 0.6 is 0 Å². The van der Waals surface area contributed by atoms with Crippen LogP contribution in [-0.2, 0) is 0 Å². The number of hydrogen-bond donors (Lipinski definition) is 2. The zero-order valence-electron chi connectivity index (χ0n) is 10.6. The molecule has 1 heterocycles. The van der Waals surface area contributed by atoms with E-state index in [0.29, 0.717) is 5.56 Å². The fourth-order valence-corrected chi connectivity index (χ4v) is 1.97. The molecule has 0 saturated heterocycles. The predicted molar refractivity (Wildman–Crippen MR) is 73.1 cm³/mol. The molecule has 19 heavy (non-hydrogen) atoms. The Bertz CT molecular complexity index is 511. The van der Waals surface area contributed by atoms with Crippen molar-refractivity contribution in [1.82, 2.24) is 5.43 Å². The summed E-state index contributed by atoms with van der Waals surface area (Å²) in [4.78, 5) is 13.7. The molecule has 1 aliphatic rings. The second-order valence-corrected chi connectivity index (χ2v) is 4.40. The predicted octanol–water partition coefficient (Wildman–Crippen LogP) is 0.571. The molecule has 0 spiro atoms. The summed E-state index contributed by atoms with van der Waals surface area (Å²) in [6, 6.07) is 6.54. The van der Waals surface area contributed by atoms with Gasteiger partial charge in [0.15, 0.2) is 0 Å². The second-order valence-electron chi connectivity index (χ2n) is 4.40. The molecule has 0 amide bonds. The number of para-hydroxylation sites is 1. The molecule has 0 unspecified atom stereocenters. The molecule has 1 aromatic carbocycles. The van der Waals surface area contributed by atoms with E-state index < -0.39 is 4.92 Å². The van der Waals surface area contributed by atoms with Crippen LogP contribution in [-0.4, -0.2) is 23.5 Å². The van der Waals surface area contributed by atoms with Gasteiger partial charge < -0.3 is 0 Å². The van der Waals surface area contributed by atoms with Crippen molar-refractivity contribution >= 4 is 17.7 Å². The van der Waals surface area contributed by atoms with Crippen molar-refractivity contribution in [2.45, 2.75) is 25.7 Å². The van der Waals surface area contributed by atoms with Crippen molar-refractivity contribution in [2.75, 3.05) is 6.54 Å². The van der Waals surface area contributed by atoms with Crippen LogP contribution in [0.3, 0.4) is 0 Å². The van der Waals surface area contributed by atoms with Crippen LogP contribution in [0.25, 0.3) is 0 Å². The molecule has 2 rings (SSSR count). The van der Waals surface area contributed by atoms with E-state index >= 15 is 0 Å². The second kappa shape index (κ2) is 6.63. The first-order valence-electron chi connectivity index (χ1n) is 6.39. The number of rotatable bonds is 3. The number of nitrogens with zero attached hydrogens (tertiary/aromatic N) is 2. The average Bonchev–Trinajstić information content (AvgIpc) is 2.68. The monoisotopic (exact) mass is 261 g/mol. The summed E-state index contributed by atoms with van der Waals surface area (Å²) in [5, 5.41) is 14.9. The first-order chi connectivity index (χ1) is 9.27. The van der Waals surface area contributed by atoms with E-state index in [-0.39, 0.29) is 5.69 Å². The van der Waals surface area contributed by atoms with Crippen LogP contribution < -0.4 is 10.4 Å². The zero-order chi connectivity index (χ0) is 13.5. The van der Waals surface area contributed by atoms with Crippen LogP contribution in [0.4, 0.5) is 5.69 Å². The third kappa shape index (κ3) is 3.87. The minimum Gasteiger partial charge on any atom is -0.277 e. The lowest BCUT2D eigenvalue weighted by molar-refractivity contribution is -0.459. The van der Waals surface area contributed by atoms with Crippen molar-refractivity contribution in [3.63, 3.8) is 0 Å². The van der Waals surface area contributed by atoms with Gasteiger partial charge in [0.1, 0.15) is 0 Å². The minimum absolute atomic E-state index is 0.0619. The smallest absolute Gasteiger partial charge is 0.277 e. The number of hydrogen-bond acceptors (Lipinski definition) is 4. The van der Waals surface area contributed by atoms with E-state index in [9.17, 15) is 10.1 Å². The zero-order valence-corrected chi connectivity index (χ0v) is 10.6. The van der Waals surface area contributed by atoms with Gasteiger partial charge in [0.05, 0.1) is 29.7 Å². The maximum absolute atomic E-state index is 10.8. The van der Waals surface area contributed by atoms with Gasteiger partial charge in [-0.15, -0.1) is 0 Å². The van der Waals surface area contributed by atoms with E-state index in [0.717, 1.165) is 25.2 Å². The van der Waals surface area contributed by atoms with Crippen LogP contribution in [0.1, 0.15) is 31.2 Å². The van der Waals surface area contributed by atoms with Gasteiger partial charge in [-0.3, -0.25) is 15.1 Å². The Balaban J connectivity index is 2.02. The molecule has 100 valence electrons. The van der Waals surface area contributed by atoms with Gasteiger partial charge in [-0.05, 0) is 25.3 Å². The molecule has 0 fully saturated rings. The van der Waals surface area contributed by atoms with Crippen molar-refractivity contribution in [1.29, 1.82) is 0 Å². The summed E-state index contributed by atoms with van der Waals surface area (Å²) in [5.41, 5.74) is 3.49. The van der Waals surface area contributed by atoms with E-state index in [1.165, 1.54) is 25.1 Å². The average molecular weight is 261 g/mol. The van der Waals surface area contributed by atoms with Crippen molar-refractivity contribution < 1.29 is 9.92 Å². The third-order valence-corrected chi connectivity index (χ3v) is 2.98. The lowest BCUT2D eigenvalue weighted by Gasteiger charge is -1.96. The Morgan fingerprint density at radius 2 is 2.16 bits per heavy atom. The molecule has 0 saturated carbocycles. The van der Waals surface area contributed by atoms with E-state index in [4.69, 9.17) is 0 Å². The molecule has 2 N–H and O–H groups in total. The van der Waals surface area contributed by atoms with E-state index in [1.54, 1.807) is 18.2 Å². The molecule has 0 atom stereocenters. The summed E-state index contributed by atoms with van der Waals surface area (Å²) in [6.45, 7) is 0.948. The SMILES string of the molecule is O=[N+]([O-])c1ccccc1/C=N\NC1=[NH+]CCCCC1. The largest absolute Gasteiger partial charge is 0.278 e. The topological polar surface area (TPSA) is 81.5 Å². The Labute approximate surface area is 111 Å². The highest BCUT2D eigenvalue weighted by Crippen LogP contribution is 2.14. The van der Waals surface area contributed by atoms with E-state index in [2.05, 4.69) is 15.5 Å². The van der Waals surface area contributed by atoms with Crippen molar-refractivity contribution in [3.8, 4) is 0 Å². The minimum atomic E-state index is -0.404. The molecule has 6 heteroatoms. The number of nitro groups is 1. The molecule has 1 aliphatic heterocycles. The fourth-order valence-electron chi connectivity index (χ4n) is 1.97. The molecule has 0 aliphatic carbocycles. The molecular weight excluding hydrogens is 244 g/mol. The lowest BCUT2D eigenvalue weighted by Crippen LogP contribution is -2.75. The first kappa shape index (κ1) is 13.2. The number of nitrogens with one attached hydrogen (secondary N) is 2. The molecule has 0 radical (unpaired) electrons. The Morgan fingerprint density at radius 3 is 3.00 bits per heavy atom. The number of benzene rings is 1. The van der Waals surface area contributed by atoms with Gasteiger partial charge in [-0.1, -0.05) is 17.2 Å². The number of hydrazone groups is 1. The summed E-state index contributed by atoms with van der Waals surface area (Å²) in [6.07, 6.45) is 5.94. The summed E-state index contributed by atoms with van der Waals surface area (Å²) in [7, 11) is 0. The first-order valence-corrected chi connectivity index (χ1v) is 6.39. The fraction of sp³-hybridized carbons (Fsp3) is 0.385. The molecule has 0 bridgehead atoms. The Kier molecular flexibility index (Phi) is 4.60. The van der Waals surface area contributed by atoms with Gasteiger partial charge in [0.2, 0.25) is 0 Å². The van der Waals surface area contributed by atoms with Gasteiger partial charge in [0, 0.05) is 6.07 Å². The Morgan fingerprint density at radius 1 is 1.32 bits per heavy atom. The molecule has 0 aromatic heterocycles. The standard InChI is InChI=1S/C13H16N4O2/c18-17(19)12-7-4-3-6-11(12)10-15-16-13-8-2-1-5-9-14-13/h3-4,6-7,10H,1-2,5,8-9H2,(H,14,16)/p+1/b15-10-. The summed E-state index contributed by atoms with van der Waals surface area (Å²) < 4.78 is 0. The number of amidine groups is 1. The van der Waals surface area contributed by atoms with Gasteiger partial charge in [-0.25, -0.2) is 0 Å². The molecule has 1 aromatic rings. The summed E-state index contributed by atoms with van der Waals surface area (Å²) >= 11 is 0. The van der Waals surface area contributed by atoms with Gasteiger partial charge >= 0.3 is 0 Å². The Hall–Kier alpha value is -2.24. The maximum atomic E-state index is 10.8. The normalized spacial score (nSPS) is 15.9.